The second-order valence-corrected chi connectivity index (χ2v) is 5.42. The number of aryl methyl sites for hydroxylation is 1. The number of hydrogen-bond acceptors (Lipinski definition) is 3. The average Bonchev–Trinajstić information content (AvgIpc) is 2.55. The highest BCUT2D eigenvalue weighted by molar-refractivity contribution is 7.80. The molecule has 2 rings (SSSR count). The third-order valence-corrected chi connectivity index (χ3v) is 3.90. The average molecular weight is 315 g/mol. The first kappa shape index (κ1) is 16.3. The Morgan fingerprint density at radius 1 is 1.05 bits per heavy atom. The molecule has 116 valence electrons. The standard InChI is InChI=1S/C18H21NO2S/c1-13-6-4-5-7-15(13)18(22)19-11-10-14-8-9-16(20-2)17(12-14)21-3/h4-9,12H,10-11H2,1-3H3,(H,19,22). The van der Waals surface area contributed by atoms with Crippen LogP contribution >= 0.6 is 12.2 Å². The van der Waals surface area contributed by atoms with Gasteiger partial charge in [0.25, 0.3) is 0 Å². The lowest BCUT2D eigenvalue weighted by Crippen LogP contribution is -2.25. The zero-order chi connectivity index (χ0) is 15.9. The molecule has 0 saturated heterocycles. The summed E-state index contributed by atoms with van der Waals surface area (Å²) in [6.45, 7) is 2.85. The van der Waals surface area contributed by atoms with Gasteiger partial charge in [-0.3, -0.25) is 0 Å². The molecule has 22 heavy (non-hydrogen) atoms. The van der Waals surface area contributed by atoms with Gasteiger partial charge in [0.05, 0.1) is 14.2 Å². The number of benzene rings is 2. The normalized spacial score (nSPS) is 10.1. The minimum Gasteiger partial charge on any atom is -0.493 e. The molecule has 0 heterocycles. The predicted octanol–water partition coefficient (Wildman–Crippen LogP) is 3.52. The van der Waals surface area contributed by atoms with Gasteiger partial charge in [-0.05, 0) is 36.6 Å². The third kappa shape index (κ3) is 3.98. The molecule has 0 aliphatic rings. The Kier molecular flexibility index (Phi) is 5.78. The highest BCUT2D eigenvalue weighted by atomic mass is 32.1. The van der Waals surface area contributed by atoms with E-state index in [0.717, 1.165) is 35.0 Å². The van der Waals surface area contributed by atoms with Crippen LogP contribution in [-0.2, 0) is 6.42 Å². The van der Waals surface area contributed by atoms with Crippen molar-refractivity contribution in [3.8, 4) is 11.5 Å². The van der Waals surface area contributed by atoms with Gasteiger partial charge >= 0.3 is 0 Å². The summed E-state index contributed by atoms with van der Waals surface area (Å²) in [5.41, 5.74) is 3.45. The highest BCUT2D eigenvalue weighted by Crippen LogP contribution is 2.27. The predicted molar refractivity (Wildman–Crippen MR) is 94.1 cm³/mol. The first-order valence-corrected chi connectivity index (χ1v) is 7.61. The fourth-order valence-corrected chi connectivity index (χ4v) is 2.61. The van der Waals surface area contributed by atoms with E-state index in [4.69, 9.17) is 21.7 Å². The molecule has 0 saturated carbocycles. The SMILES string of the molecule is COc1ccc(CCNC(=S)c2ccccc2C)cc1OC. The first-order chi connectivity index (χ1) is 10.7. The molecular weight excluding hydrogens is 294 g/mol. The van der Waals surface area contributed by atoms with Crippen molar-refractivity contribution in [2.24, 2.45) is 0 Å². The fourth-order valence-electron chi connectivity index (χ4n) is 2.28. The topological polar surface area (TPSA) is 30.5 Å². The molecule has 0 amide bonds. The van der Waals surface area contributed by atoms with Crippen LogP contribution in [0.2, 0.25) is 0 Å². The highest BCUT2D eigenvalue weighted by Gasteiger charge is 2.06. The third-order valence-electron chi connectivity index (χ3n) is 3.54. The zero-order valence-electron chi connectivity index (χ0n) is 13.2. The summed E-state index contributed by atoms with van der Waals surface area (Å²) in [5.74, 6) is 1.50. The van der Waals surface area contributed by atoms with E-state index in [-0.39, 0.29) is 0 Å². The monoisotopic (exact) mass is 315 g/mol. The smallest absolute Gasteiger partial charge is 0.160 e. The number of rotatable bonds is 6. The summed E-state index contributed by atoms with van der Waals surface area (Å²) < 4.78 is 10.6. The van der Waals surface area contributed by atoms with Crippen LogP contribution in [0.25, 0.3) is 0 Å². The fraction of sp³-hybridized carbons (Fsp3) is 0.278. The Bertz CT molecular complexity index is 655. The molecule has 1 N–H and O–H groups in total. The molecule has 0 aliphatic carbocycles. The summed E-state index contributed by atoms with van der Waals surface area (Å²) in [6, 6.07) is 14.1. The molecule has 0 spiro atoms. The summed E-state index contributed by atoms with van der Waals surface area (Å²) in [4.78, 5) is 0.790. The van der Waals surface area contributed by atoms with Gasteiger partial charge in [0.15, 0.2) is 11.5 Å². The largest absolute Gasteiger partial charge is 0.493 e. The molecule has 4 heteroatoms. The van der Waals surface area contributed by atoms with Crippen molar-refractivity contribution in [1.82, 2.24) is 5.32 Å². The van der Waals surface area contributed by atoms with Crippen LogP contribution < -0.4 is 14.8 Å². The summed E-state index contributed by atoms with van der Waals surface area (Å²) in [5, 5.41) is 3.31. The van der Waals surface area contributed by atoms with E-state index in [0.29, 0.717) is 0 Å². The van der Waals surface area contributed by atoms with E-state index in [1.807, 2.05) is 36.4 Å². The Labute approximate surface area is 137 Å². The maximum Gasteiger partial charge on any atom is 0.160 e. The number of nitrogens with one attached hydrogen (secondary N) is 1. The molecule has 0 bridgehead atoms. The van der Waals surface area contributed by atoms with Crippen LogP contribution in [0.15, 0.2) is 42.5 Å². The maximum absolute atomic E-state index is 5.46. The van der Waals surface area contributed by atoms with Gasteiger partial charge in [-0.25, -0.2) is 0 Å². The van der Waals surface area contributed by atoms with Gasteiger partial charge in [-0.2, -0.15) is 0 Å². The Hall–Kier alpha value is -2.07. The Morgan fingerprint density at radius 2 is 1.77 bits per heavy atom. The molecule has 2 aromatic rings. The molecule has 0 radical (unpaired) electrons. The van der Waals surface area contributed by atoms with E-state index >= 15 is 0 Å². The molecule has 0 fully saturated rings. The van der Waals surface area contributed by atoms with E-state index in [1.165, 1.54) is 11.1 Å². The van der Waals surface area contributed by atoms with Gasteiger partial charge < -0.3 is 14.8 Å². The first-order valence-electron chi connectivity index (χ1n) is 7.20. The van der Waals surface area contributed by atoms with Crippen LogP contribution in [0, 0.1) is 6.92 Å². The Morgan fingerprint density at radius 3 is 2.45 bits per heavy atom. The van der Waals surface area contributed by atoms with Crippen LogP contribution in [0.5, 0.6) is 11.5 Å². The van der Waals surface area contributed by atoms with Crippen molar-refractivity contribution in [2.45, 2.75) is 13.3 Å². The van der Waals surface area contributed by atoms with Crippen molar-refractivity contribution in [2.75, 3.05) is 20.8 Å². The quantitative estimate of drug-likeness (QED) is 0.826. The van der Waals surface area contributed by atoms with E-state index in [2.05, 4.69) is 18.3 Å². The van der Waals surface area contributed by atoms with Gasteiger partial charge in [0, 0.05) is 12.1 Å². The lowest BCUT2D eigenvalue weighted by Gasteiger charge is -2.12. The molecule has 0 aromatic heterocycles. The molecule has 0 unspecified atom stereocenters. The van der Waals surface area contributed by atoms with Crippen LogP contribution in [0.3, 0.4) is 0 Å². The van der Waals surface area contributed by atoms with Crippen LogP contribution in [0.4, 0.5) is 0 Å². The Balaban J connectivity index is 1.94. The maximum atomic E-state index is 5.46. The van der Waals surface area contributed by atoms with E-state index < -0.39 is 0 Å². The minimum atomic E-state index is 0.745. The lowest BCUT2D eigenvalue weighted by atomic mass is 10.1. The van der Waals surface area contributed by atoms with Crippen LogP contribution in [0.1, 0.15) is 16.7 Å². The number of methoxy groups -OCH3 is 2. The number of ether oxygens (including phenoxy) is 2. The summed E-state index contributed by atoms with van der Waals surface area (Å²) >= 11 is 5.46. The van der Waals surface area contributed by atoms with Gasteiger partial charge in [0.1, 0.15) is 4.99 Å². The van der Waals surface area contributed by atoms with Crippen molar-refractivity contribution in [3.05, 3.63) is 59.2 Å². The summed E-state index contributed by atoms with van der Waals surface area (Å²) in [6.07, 6.45) is 0.867. The molecular formula is C18H21NO2S. The van der Waals surface area contributed by atoms with E-state index in [1.54, 1.807) is 14.2 Å². The van der Waals surface area contributed by atoms with Gasteiger partial charge in [-0.15, -0.1) is 0 Å². The summed E-state index contributed by atoms with van der Waals surface area (Å²) in [7, 11) is 3.28. The number of hydrogen-bond donors (Lipinski definition) is 1. The van der Waals surface area contributed by atoms with E-state index in [9.17, 15) is 0 Å². The van der Waals surface area contributed by atoms with Crippen LogP contribution in [-0.4, -0.2) is 25.8 Å². The number of thiocarbonyl (C=S) groups is 1. The second-order valence-electron chi connectivity index (χ2n) is 5.01. The van der Waals surface area contributed by atoms with Gasteiger partial charge in [0.2, 0.25) is 0 Å². The molecule has 0 aliphatic heterocycles. The lowest BCUT2D eigenvalue weighted by molar-refractivity contribution is 0.354. The molecule has 3 nitrogen and oxygen atoms in total. The van der Waals surface area contributed by atoms with Crippen molar-refractivity contribution in [3.63, 3.8) is 0 Å². The molecule has 2 aromatic carbocycles. The van der Waals surface area contributed by atoms with Crippen molar-refractivity contribution in [1.29, 1.82) is 0 Å². The minimum absolute atomic E-state index is 0.745. The molecule has 0 atom stereocenters. The van der Waals surface area contributed by atoms with Gasteiger partial charge in [-0.1, -0.05) is 42.5 Å². The van der Waals surface area contributed by atoms with Crippen molar-refractivity contribution < 1.29 is 9.47 Å². The van der Waals surface area contributed by atoms with Crippen molar-refractivity contribution >= 4 is 17.2 Å². The zero-order valence-corrected chi connectivity index (χ0v) is 14.0. The second kappa shape index (κ2) is 7.80.